The number of hydrogen-bond donors (Lipinski definition) is 1. The van der Waals surface area contributed by atoms with E-state index in [9.17, 15) is 0 Å². The molecule has 8 heteroatoms. The molecule has 0 spiro atoms. The molecular formula is C15H18N6O2. The average Bonchev–Trinajstić information content (AvgIpc) is 2.95. The quantitative estimate of drug-likeness (QED) is 0.735. The molecule has 0 aliphatic rings. The van der Waals surface area contributed by atoms with Gasteiger partial charge in [-0.1, -0.05) is 5.16 Å². The maximum atomic E-state index is 5.16. The van der Waals surface area contributed by atoms with Gasteiger partial charge in [0.1, 0.15) is 18.8 Å². The summed E-state index contributed by atoms with van der Waals surface area (Å²) in [6.07, 6.45) is 2.11. The minimum absolute atomic E-state index is 0.345. The molecule has 0 unspecified atom stereocenters. The lowest BCUT2D eigenvalue weighted by Gasteiger charge is -2.09. The predicted octanol–water partition coefficient (Wildman–Crippen LogP) is 1.83. The Morgan fingerprint density at radius 3 is 2.91 bits per heavy atom. The van der Waals surface area contributed by atoms with Crippen molar-refractivity contribution in [2.24, 2.45) is 0 Å². The molecule has 0 aromatic carbocycles. The van der Waals surface area contributed by atoms with E-state index in [0.29, 0.717) is 36.9 Å². The highest BCUT2D eigenvalue weighted by Gasteiger charge is 2.10. The van der Waals surface area contributed by atoms with Crippen LogP contribution in [0.4, 0.5) is 5.82 Å². The number of hydrogen-bond acceptors (Lipinski definition) is 8. The lowest BCUT2D eigenvalue weighted by molar-refractivity contribution is 0.174. The molecule has 120 valence electrons. The van der Waals surface area contributed by atoms with Gasteiger partial charge in [-0.25, -0.2) is 15.0 Å². The first-order valence-corrected chi connectivity index (χ1v) is 7.30. The summed E-state index contributed by atoms with van der Waals surface area (Å²) in [6.45, 7) is 4.95. The number of pyridine rings is 1. The van der Waals surface area contributed by atoms with Crippen LogP contribution in [0.15, 0.2) is 16.9 Å². The largest absolute Gasteiger partial charge is 0.377 e. The van der Waals surface area contributed by atoms with Crippen LogP contribution in [0.1, 0.15) is 23.0 Å². The van der Waals surface area contributed by atoms with Crippen molar-refractivity contribution < 1.29 is 9.26 Å². The lowest BCUT2D eigenvalue weighted by atomic mass is 10.1. The van der Waals surface area contributed by atoms with Crippen LogP contribution in [0.5, 0.6) is 0 Å². The zero-order valence-electron chi connectivity index (χ0n) is 13.3. The number of nitrogens with one attached hydrogen (secondary N) is 1. The molecular weight excluding hydrogens is 296 g/mol. The van der Waals surface area contributed by atoms with Crippen LogP contribution >= 0.6 is 0 Å². The average molecular weight is 314 g/mol. The van der Waals surface area contributed by atoms with Gasteiger partial charge < -0.3 is 14.6 Å². The molecule has 0 radical (unpaired) electrons. The van der Waals surface area contributed by atoms with Crippen molar-refractivity contribution in [2.75, 3.05) is 19.0 Å². The summed E-state index contributed by atoms with van der Waals surface area (Å²) in [5, 5.41) is 8.05. The number of rotatable bonds is 6. The highest BCUT2D eigenvalue weighted by atomic mass is 16.5. The zero-order chi connectivity index (χ0) is 16.2. The molecule has 8 nitrogen and oxygen atoms in total. The van der Waals surface area contributed by atoms with Gasteiger partial charge in [-0.15, -0.1) is 0 Å². The molecule has 0 saturated carbocycles. The van der Waals surface area contributed by atoms with Crippen molar-refractivity contribution in [3.8, 4) is 0 Å². The number of fused-ring (bicyclic) bond motifs is 1. The smallest absolute Gasteiger partial charge is 0.228 e. The Balaban J connectivity index is 1.71. The van der Waals surface area contributed by atoms with E-state index in [4.69, 9.17) is 9.26 Å². The number of methoxy groups -OCH3 is 1. The number of nitrogens with zero attached hydrogens (tertiary/aromatic N) is 5. The Hall–Kier alpha value is -2.61. The summed E-state index contributed by atoms with van der Waals surface area (Å²) in [6, 6.07) is 2.02. The normalized spacial score (nSPS) is 11.1. The van der Waals surface area contributed by atoms with E-state index in [1.165, 1.54) is 6.33 Å². The van der Waals surface area contributed by atoms with Crippen LogP contribution in [0, 0.1) is 13.8 Å². The lowest BCUT2D eigenvalue weighted by Crippen LogP contribution is -2.08. The molecule has 0 aliphatic heterocycles. The molecule has 0 atom stereocenters. The van der Waals surface area contributed by atoms with Crippen LogP contribution in [0.3, 0.4) is 0 Å². The topological polar surface area (TPSA) is 98.9 Å². The van der Waals surface area contributed by atoms with Crippen molar-refractivity contribution in [2.45, 2.75) is 26.9 Å². The van der Waals surface area contributed by atoms with Crippen molar-refractivity contribution in [3.05, 3.63) is 35.4 Å². The van der Waals surface area contributed by atoms with E-state index >= 15 is 0 Å². The van der Waals surface area contributed by atoms with Crippen LogP contribution in [-0.4, -0.2) is 38.7 Å². The van der Waals surface area contributed by atoms with Crippen LogP contribution in [0.25, 0.3) is 11.0 Å². The van der Waals surface area contributed by atoms with Gasteiger partial charge in [-0.3, -0.25) is 0 Å². The third-order valence-corrected chi connectivity index (χ3v) is 3.34. The third kappa shape index (κ3) is 3.42. The molecule has 3 aromatic rings. The number of aryl methyl sites for hydroxylation is 2. The second-order valence-electron chi connectivity index (χ2n) is 5.22. The fourth-order valence-corrected chi connectivity index (χ4v) is 2.41. The van der Waals surface area contributed by atoms with Crippen LogP contribution < -0.4 is 5.32 Å². The molecule has 0 saturated heterocycles. The first-order valence-electron chi connectivity index (χ1n) is 7.30. The van der Waals surface area contributed by atoms with E-state index in [2.05, 4.69) is 30.4 Å². The highest BCUT2D eigenvalue weighted by molar-refractivity contribution is 5.89. The Morgan fingerprint density at radius 2 is 2.09 bits per heavy atom. The monoisotopic (exact) mass is 314 g/mol. The molecule has 3 heterocycles. The Bertz CT molecular complexity index is 817. The molecule has 3 rings (SSSR count). The molecule has 0 bridgehead atoms. The second kappa shape index (κ2) is 6.66. The molecule has 0 amide bonds. The summed E-state index contributed by atoms with van der Waals surface area (Å²) >= 11 is 0. The zero-order valence-corrected chi connectivity index (χ0v) is 13.3. The summed E-state index contributed by atoms with van der Waals surface area (Å²) in [4.78, 5) is 17.2. The number of aromatic nitrogens is 5. The fraction of sp³-hybridized carbons (Fsp3) is 0.400. The van der Waals surface area contributed by atoms with Gasteiger partial charge in [0.15, 0.2) is 11.5 Å². The Kier molecular flexibility index (Phi) is 4.42. The molecule has 23 heavy (non-hydrogen) atoms. The van der Waals surface area contributed by atoms with Gasteiger partial charge in [-0.2, -0.15) is 4.98 Å². The molecule has 0 aliphatic carbocycles. The molecule has 1 N–H and O–H groups in total. The molecule has 0 fully saturated rings. The first kappa shape index (κ1) is 15.3. The minimum Gasteiger partial charge on any atom is -0.377 e. The SMILES string of the molecule is COCc1noc(CCNc2ncnc3nc(C)cc(C)c23)n1. The maximum Gasteiger partial charge on any atom is 0.228 e. The van der Waals surface area contributed by atoms with E-state index < -0.39 is 0 Å². The summed E-state index contributed by atoms with van der Waals surface area (Å²) < 4.78 is 10.1. The van der Waals surface area contributed by atoms with Crippen LogP contribution in [0.2, 0.25) is 0 Å². The van der Waals surface area contributed by atoms with Crippen molar-refractivity contribution in [1.29, 1.82) is 0 Å². The van der Waals surface area contributed by atoms with Gasteiger partial charge in [0.2, 0.25) is 5.89 Å². The number of ether oxygens (including phenoxy) is 1. The van der Waals surface area contributed by atoms with Gasteiger partial charge >= 0.3 is 0 Å². The van der Waals surface area contributed by atoms with Gasteiger partial charge in [0.25, 0.3) is 0 Å². The van der Waals surface area contributed by atoms with E-state index in [-0.39, 0.29) is 0 Å². The Morgan fingerprint density at radius 1 is 1.22 bits per heavy atom. The fourth-order valence-electron chi connectivity index (χ4n) is 2.41. The van der Waals surface area contributed by atoms with Gasteiger partial charge in [0, 0.05) is 25.8 Å². The summed E-state index contributed by atoms with van der Waals surface area (Å²) in [7, 11) is 1.59. The van der Waals surface area contributed by atoms with Gasteiger partial charge in [-0.05, 0) is 25.5 Å². The van der Waals surface area contributed by atoms with Crippen molar-refractivity contribution >= 4 is 16.9 Å². The summed E-state index contributed by atoms with van der Waals surface area (Å²) in [5.41, 5.74) is 2.73. The minimum atomic E-state index is 0.345. The van der Waals surface area contributed by atoms with Crippen molar-refractivity contribution in [3.63, 3.8) is 0 Å². The van der Waals surface area contributed by atoms with Gasteiger partial charge in [0.05, 0.1) is 5.39 Å². The van der Waals surface area contributed by atoms with E-state index in [0.717, 1.165) is 22.5 Å². The predicted molar refractivity (Wildman–Crippen MR) is 84.0 cm³/mol. The summed E-state index contributed by atoms with van der Waals surface area (Å²) in [5.74, 6) is 1.87. The highest BCUT2D eigenvalue weighted by Crippen LogP contribution is 2.22. The van der Waals surface area contributed by atoms with E-state index in [1.54, 1.807) is 7.11 Å². The maximum absolute atomic E-state index is 5.16. The second-order valence-corrected chi connectivity index (χ2v) is 5.22. The third-order valence-electron chi connectivity index (χ3n) is 3.34. The standard InChI is InChI=1S/C15H18N6O2/c1-9-6-10(2)19-15-13(9)14(17-8-18-15)16-5-4-12-20-11(7-22-3)21-23-12/h6,8H,4-5,7H2,1-3H3,(H,16,17,18,19). The van der Waals surface area contributed by atoms with E-state index in [1.807, 2.05) is 19.9 Å². The Labute approximate surface area is 133 Å². The van der Waals surface area contributed by atoms with Crippen molar-refractivity contribution in [1.82, 2.24) is 25.1 Å². The number of anilines is 1. The first-order chi connectivity index (χ1) is 11.2. The molecule has 3 aromatic heterocycles. The van der Waals surface area contributed by atoms with Crippen LogP contribution in [-0.2, 0) is 17.8 Å².